The summed E-state index contributed by atoms with van der Waals surface area (Å²) < 4.78 is 6.98. The molecule has 17 heavy (non-hydrogen) atoms. The van der Waals surface area contributed by atoms with E-state index >= 15 is 0 Å². The summed E-state index contributed by atoms with van der Waals surface area (Å²) in [5.74, 6) is -0.0276. The van der Waals surface area contributed by atoms with Crippen molar-refractivity contribution >= 4 is 11.6 Å². The molecule has 2 rings (SSSR count). The van der Waals surface area contributed by atoms with Gasteiger partial charge in [0.1, 0.15) is 0 Å². The van der Waals surface area contributed by atoms with Crippen LogP contribution in [0.5, 0.6) is 0 Å². The first-order valence-corrected chi connectivity index (χ1v) is 5.82. The van der Waals surface area contributed by atoms with Crippen molar-refractivity contribution in [3.63, 3.8) is 0 Å². The first-order chi connectivity index (χ1) is 8.22. The van der Waals surface area contributed by atoms with E-state index in [9.17, 15) is 4.79 Å². The van der Waals surface area contributed by atoms with E-state index in [4.69, 9.17) is 4.74 Å². The maximum absolute atomic E-state index is 11.9. The van der Waals surface area contributed by atoms with Crippen molar-refractivity contribution in [2.75, 3.05) is 19.0 Å². The molecule has 0 radical (unpaired) electrons. The standard InChI is InChI=1S/C11H18N4O2/c1-3-15-7-8(5-13-15)14-11(16)10-4-9(17-2)6-12-10/h5,7,9-10,12H,3-4,6H2,1-2H3,(H,14,16). The van der Waals surface area contributed by atoms with Crippen LogP contribution in [0.3, 0.4) is 0 Å². The summed E-state index contributed by atoms with van der Waals surface area (Å²) in [7, 11) is 1.66. The Hall–Kier alpha value is -1.40. The Morgan fingerprint density at radius 2 is 2.59 bits per heavy atom. The summed E-state index contributed by atoms with van der Waals surface area (Å²) in [5.41, 5.74) is 0.736. The lowest BCUT2D eigenvalue weighted by molar-refractivity contribution is -0.118. The van der Waals surface area contributed by atoms with Crippen molar-refractivity contribution in [1.29, 1.82) is 0 Å². The van der Waals surface area contributed by atoms with E-state index in [1.165, 1.54) is 0 Å². The molecule has 0 bridgehead atoms. The second-order valence-corrected chi connectivity index (χ2v) is 4.13. The first kappa shape index (κ1) is 12.1. The number of ether oxygens (including phenoxy) is 1. The fourth-order valence-corrected chi connectivity index (χ4v) is 1.91. The summed E-state index contributed by atoms with van der Waals surface area (Å²) in [6.45, 7) is 3.52. The second-order valence-electron chi connectivity index (χ2n) is 4.13. The van der Waals surface area contributed by atoms with E-state index in [0.29, 0.717) is 6.42 Å². The molecular weight excluding hydrogens is 220 g/mol. The van der Waals surface area contributed by atoms with Gasteiger partial charge in [0, 0.05) is 26.4 Å². The number of nitrogens with one attached hydrogen (secondary N) is 2. The third-order valence-corrected chi connectivity index (χ3v) is 2.97. The number of amides is 1. The fourth-order valence-electron chi connectivity index (χ4n) is 1.91. The number of rotatable bonds is 4. The molecule has 1 fully saturated rings. The van der Waals surface area contributed by atoms with Gasteiger partial charge in [0.25, 0.3) is 0 Å². The normalized spacial score (nSPS) is 23.9. The molecule has 2 atom stereocenters. The van der Waals surface area contributed by atoms with Gasteiger partial charge < -0.3 is 15.4 Å². The van der Waals surface area contributed by atoms with Gasteiger partial charge in [-0.05, 0) is 13.3 Å². The van der Waals surface area contributed by atoms with Gasteiger partial charge in [-0.15, -0.1) is 0 Å². The van der Waals surface area contributed by atoms with Crippen molar-refractivity contribution in [2.45, 2.75) is 32.0 Å². The van der Waals surface area contributed by atoms with Gasteiger partial charge >= 0.3 is 0 Å². The van der Waals surface area contributed by atoms with Crippen LogP contribution >= 0.6 is 0 Å². The highest BCUT2D eigenvalue weighted by atomic mass is 16.5. The minimum atomic E-state index is -0.176. The molecule has 1 aliphatic rings. The van der Waals surface area contributed by atoms with Gasteiger partial charge in [0.15, 0.2) is 0 Å². The van der Waals surface area contributed by atoms with Gasteiger partial charge in [-0.25, -0.2) is 0 Å². The number of carbonyl (C=O) groups excluding carboxylic acids is 1. The monoisotopic (exact) mass is 238 g/mol. The number of aromatic nitrogens is 2. The highest BCUT2D eigenvalue weighted by Gasteiger charge is 2.29. The van der Waals surface area contributed by atoms with Crippen molar-refractivity contribution < 1.29 is 9.53 Å². The molecule has 1 aliphatic heterocycles. The zero-order valence-corrected chi connectivity index (χ0v) is 10.1. The molecule has 1 aromatic rings. The third-order valence-electron chi connectivity index (χ3n) is 2.97. The molecule has 0 spiro atoms. The Morgan fingerprint density at radius 3 is 3.18 bits per heavy atom. The summed E-state index contributed by atoms with van der Waals surface area (Å²) in [5, 5.41) is 10.1. The van der Waals surface area contributed by atoms with Crippen molar-refractivity contribution in [1.82, 2.24) is 15.1 Å². The van der Waals surface area contributed by atoms with E-state index in [1.807, 2.05) is 13.1 Å². The van der Waals surface area contributed by atoms with Crippen LogP contribution < -0.4 is 10.6 Å². The van der Waals surface area contributed by atoms with Crippen LogP contribution in [-0.2, 0) is 16.1 Å². The van der Waals surface area contributed by atoms with E-state index in [-0.39, 0.29) is 18.1 Å². The van der Waals surface area contributed by atoms with E-state index in [0.717, 1.165) is 18.8 Å². The Balaban J connectivity index is 1.89. The Labute approximate surface area is 100 Å². The first-order valence-electron chi connectivity index (χ1n) is 5.82. The van der Waals surface area contributed by atoms with Gasteiger partial charge in [-0.2, -0.15) is 5.10 Å². The lowest BCUT2D eigenvalue weighted by atomic mass is 10.2. The molecule has 1 amide bonds. The number of hydrogen-bond donors (Lipinski definition) is 2. The van der Waals surface area contributed by atoms with Gasteiger partial charge in [-0.3, -0.25) is 9.48 Å². The van der Waals surface area contributed by atoms with E-state index in [1.54, 1.807) is 18.0 Å². The molecule has 6 heteroatoms. The van der Waals surface area contributed by atoms with E-state index < -0.39 is 0 Å². The average molecular weight is 238 g/mol. The van der Waals surface area contributed by atoms with Crippen LogP contribution in [-0.4, -0.2) is 41.5 Å². The molecule has 0 aromatic carbocycles. The van der Waals surface area contributed by atoms with Crippen LogP contribution in [0.2, 0.25) is 0 Å². The molecule has 6 nitrogen and oxygen atoms in total. The SMILES string of the molecule is CCn1cc(NC(=O)C2CC(OC)CN2)cn1. The molecule has 1 saturated heterocycles. The Morgan fingerprint density at radius 1 is 1.76 bits per heavy atom. The minimum Gasteiger partial charge on any atom is -0.380 e. The quantitative estimate of drug-likeness (QED) is 0.787. The third kappa shape index (κ3) is 2.83. The van der Waals surface area contributed by atoms with Crippen LogP contribution in [0, 0.1) is 0 Å². The predicted molar refractivity (Wildman–Crippen MR) is 63.7 cm³/mol. The molecule has 2 unspecified atom stereocenters. The molecule has 1 aromatic heterocycles. The van der Waals surface area contributed by atoms with Crippen LogP contribution in [0.15, 0.2) is 12.4 Å². The van der Waals surface area contributed by atoms with Crippen molar-refractivity contribution in [3.05, 3.63) is 12.4 Å². The largest absolute Gasteiger partial charge is 0.380 e. The Kier molecular flexibility index (Phi) is 3.75. The predicted octanol–water partition coefficient (Wildman–Crippen LogP) is 0.218. The van der Waals surface area contributed by atoms with Gasteiger partial charge in [0.05, 0.1) is 24.0 Å². The number of methoxy groups -OCH3 is 1. The second kappa shape index (κ2) is 5.29. The van der Waals surface area contributed by atoms with Gasteiger partial charge in [0.2, 0.25) is 5.91 Å². The number of nitrogens with zero attached hydrogens (tertiary/aromatic N) is 2. The van der Waals surface area contributed by atoms with Crippen LogP contribution in [0.1, 0.15) is 13.3 Å². The van der Waals surface area contributed by atoms with Crippen molar-refractivity contribution in [2.24, 2.45) is 0 Å². The lowest BCUT2D eigenvalue weighted by Crippen LogP contribution is -2.35. The molecule has 0 saturated carbocycles. The van der Waals surface area contributed by atoms with Crippen LogP contribution in [0.4, 0.5) is 5.69 Å². The number of hydrogen-bond acceptors (Lipinski definition) is 4. The zero-order chi connectivity index (χ0) is 12.3. The maximum atomic E-state index is 11.9. The summed E-state index contributed by atoms with van der Waals surface area (Å²) in [6.07, 6.45) is 4.32. The van der Waals surface area contributed by atoms with E-state index in [2.05, 4.69) is 15.7 Å². The molecular formula is C11H18N4O2. The fraction of sp³-hybridized carbons (Fsp3) is 0.636. The zero-order valence-electron chi connectivity index (χ0n) is 10.1. The topological polar surface area (TPSA) is 68.2 Å². The summed E-state index contributed by atoms with van der Waals surface area (Å²) in [6, 6.07) is -0.176. The highest BCUT2D eigenvalue weighted by Crippen LogP contribution is 2.12. The average Bonchev–Trinajstić information content (AvgIpc) is 2.96. The van der Waals surface area contributed by atoms with Crippen molar-refractivity contribution in [3.8, 4) is 0 Å². The molecule has 94 valence electrons. The number of anilines is 1. The summed E-state index contributed by atoms with van der Waals surface area (Å²) in [4.78, 5) is 11.9. The number of aryl methyl sites for hydroxylation is 1. The Bertz CT molecular complexity index is 391. The molecule has 2 heterocycles. The molecule has 2 N–H and O–H groups in total. The van der Waals surface area contributed by atoms with Gasteiger partial charge in [-0.1, -0.05) is 0 Å². The smallest absolute Gasteiger partial charge is 0.241 e. The summed E-state index contributed by atoms with van der Waals surface area (Å²) >= 11 is 0. The lowest BCUT2D eigenvalue weighted by Gasteiger charge is -2.09. The molecule has 0 aliphatic carbocycles. The minimum absolute atomic E-state index is 0.0276. The van der Waals surface area contributed by atoms with Crippen LogP contribution in [0.25, 0.3) is 0 Å². The highest BCUT2D eigenvalue weighted by molar-refractivity contribution is 5.94. The maximum Gasteiger partial charge on any atom is 0.241 e. The number of carbonyl (C=O) groups is 1.